The Morgan fingerprint density at radius 3 is 2.19 bits per heavy atom. The van der Waals surface area contributed by atoms with Crippen LogP contribution in [0.15, 0.2) is 24.3 Å². The van der Waals surface area contributed by atoms with E-state index in [1.54, 1.807) is 0 Å². The van der Waals surface area contributed by atoms with Crippen molar-refractivity contribution < 1.29 is 9.90 Å². The lowest BCUT2D eigenvalue weighted by Crippen LogP contribution is -2.20. The van der Waals surface area contributed by atoms with Gasteiger partial charge in [0.15, 0.2) is 0 Å². The standard InChI is InChI=1S/C14H18O2/c1-10-2-4-11(5-3-10)12-6-8-13(9-7-12)14(15)16/h2-5,12-13H,6-9H2,1H3,(H,15,16)/t12-,13-. The number of carboxylic acids is 1. The first-order valence-electron chi connectivity index (χ1n) is 5.96. The maximum Gasteiger partial charge on any atom is 0.306 e. The maximum absolute atomic E-state index is 10.8. The lowest BCUT2D eigenvalue weighted by atomic mass is 9.78. The Balaban J connectivity index is 1.99. The first-order chi connectivity index (χ1) is 7.66. The highest BCUT2D eigenvalue weighted by atomic mass is 16.4. The van der Waals surface area contributed by atoms with Crippen LogP contribution in [0.1, 0.15) is 42.7 Å². The Morgan fingerprint density at radius 2 is 1.69 bits per heavy atom. The molecule has 1 fully saturated rings. The Bertz CT molecular complexity index is 359. The molecule has 1 N–H and O–H groups in total. The number of benzene rings is 1. The summed E-state index contributed by atoms with van der Waals surface area (Å²) in [6.07, 6.45) is 3.68. The summed E-state index contributed by atoms with van der Waals surface area (Å²) in [7, 11) is 0. The number of hydrogen-bond donors (Lipinski definition) is 1. The number of carboxylic acid groups (broad SMARTS) is 1. The average molecular weight is 218 g/mol. The first kappa shape index (κ1) is 11.2. The van der Waals surface area contributed by atoms with Gasteiger partial charge in [-0.1, -0.05) is 29.8 Å². The number of hydrogen-bond acceptors (Lipinski definition) is 1. The van der Waals surface area contributed by atoms with E-state index in [0.717, 1.165) is 25.7 Å². The zero-order valence-corrected chi connectivity index (χ0v) is 9.65. The van der Waals surface area contributed by atoms with Gasteiger partial charge in [-0.05, 0) is 44.1 Å². The van der Waals surface area contributed by atoms with Gasteiger partial charge >= 0.3 is 5.97 Å². The summed E-state index contributed by atoms with van der Waals surface area (Å²) in [5.41, 5.74) is 2.65. The zero-order chi connectivity index (χ0) is 11.5. The number of rotatable bonds is 2. The van der Waals surface area contributed by atoms with E-state index in [2.05, 4.69) is 31.2 Å². The first-order valence-corrected chi connectivity index (χ1v) is 5.96. The molecule has 0 aliphatic heterocycles. The molecule has 2 nitrogen and oxygen atoms in total. The Hall–Kier alpha value is -1.31. The highest BCUT2D eigenvalue weighted by molar-refractivity contribution is 5.70. The molecule has 1 aromatic rings. The molecule has 0 heterocycles. The predicted octanol–water partition coefficient (Wildman–Crippen LogP) is 3.35. The number of aliphatic carboxylic acids is 1. The van der Waals surface area contributed by atoms with Crippen molar-refractivity contribution in [1.82, 2.24) is 0 Å². The molecular weight excluding hydrogens is 200 g/mol. The van der Waals surface area contributed by atoms with Crippen molar-refractivity contribution in [2.75, 3.05) is 0 Å². The van der Waals surface area contributed by atoms with Crippen molar-refractivity contribution in [2.24, 2.45) is 5.92 Å². The second-order valence-corrected chi connectivity index (χ2v) is 4.80. The summed E-state index contributed by atoms with van der Waals surface area (Å²) in [4.78, 5) is 10.8. The summed E-state index contributed by atoms with van der Waals surface area (Å²) in [5, 5.41) is 8.93. The molecule has 2 heteroatoms. The maximum atomic E-state index is 10.8. The lowest BCUT2D eigenvalue weighted by molar-refractivity contribution is -0.142. The monoisotopic (exact) mass is 218 g/mol. The van der Waals surface area contributed by atoms with Crippen LogP contribution in [0.5, 0.6) is 0 Å². The Morgan fingerprint density at radius 1 is 1.12 bits per heavy atom. The highest BCUT2D eigenvalue weighted by Crippen LogP contribution is 2.35. The zero-order valence-electron chi connectivity index (χ0n) is 9.65. The fourth-order valence-electron chi connectivity index (χ4n) is 2.51. The van der Waals surface area contributed by atoms with E-state index in [1.807, 2.05) is 0 Å². The molecule has 16 heavy (non-hydrogen) atoms. The molecule has 1 saturated carbocycles. The van der Waals surface area contributed by atoms with Crippen molar-refractivity contribution in [3.8, 4) is 0 Å². The van der Waals surface area contributed by atoms with Gasteiger partial charge in [-0.15, -0.1) is 0 Å². The minimum Gasteiger partial charge on any atom is -0.481 e. The van der Waals surface area contributed by atoms with Crippen molar-refractivity contribution in [3.63, 3.8) is 0 Å². The van der Waals surface area contributed by atoms with Crippen LogP contribution in [0.2, 0.25) is 0 Å². The van der Waals surface area contributed by atoms with Gasteiger partial charge in [0.05, 0.1) is 5.92 Å². The van der Waals surface area contributed by atoms with Gasteiger partial charge in [-0.3, -0.25) is 4.79 Å². The summed E-state index contributed by atoms with van der Waals surface area (Å²) in [6, 6.07) is 8.64. The van der Waals surface area contributed by atoms with Gasteiger partial charge < -0.3 is 5.11 Å². The van der Waals surface area contributed by atoms with E-state index >= 15 is 0 Å². The molecule has 0 atom stereocenters. The quantitative estimate of drug-likeness (QED) is 0.826. The summed E-state index contributed by atoms with van der Waals surface area (Å²) < 4.78 is 0. The van der Waals surface area contributed by atoms with Crippen LogP contribution < -0.4 is 0 Å². The Labute approximate surface area is 96.3 Å². The smallest absolute Gasteiger partial charge is 0.306 e. The van der Waals surface area contributed by atoms with E-state index in [4.69, 9.17) is 5.11 Å². The molecule has 0 saturated heterocycles. The molecule has 1 aliphatic rings. The summed E-state index contributed by atoms with van der Waals surface area (Å²) in [6.45, 7) is 2.09. The van der Waals surface area contributed by atoms with Crippen LogP contribution in [0.3, 0.4) is 0 Å². The molecule has 0 unspecified atom stereocenters. The van der Waals surface area contributed by atoms with Crippen molar-refractivity contribution in [1.29, 1.82) is 0 Å². The Kier molecular flexibility index (Phi) is 3.28. The fraction of sp³-hybridized carbons (Fsp3) is 0.500. The molecule has 2 rings (SSSR count). The SMILES string of the molecule is Cc1ccc([C@H]2CC[C@H](C(=O)O)CC2)cc1. The van der Waals surface area contributed by atoms with E-state index in [1.165, 1.54) is 11.1 Å². The number of aryl methyl sites for hydroxylation is 1. The normalized spacial score (nSPS) is 25.3. The third kappa shape index (κ3) is 2.43. The van der Waals surface area contributed by atoms with Crippen LogP contribution in [-0.4, -0.2) is 11.1 Å². The topological polar surface area (TPSA) is 37.3 Å². The van der Waals surface area contributed by atoms with Crippen LogP contribution in [0, 0.1) is 12.8 Å². The predicted molar refractivity (Wildman–Crippen MR) is 63.5 cm³/mol. The molecule has 0 aromatic heterocycles. The second-order valence-electron chi connectivity index (χ2n) is 4.80. The van der Waals surface area contributed by atoms with Gasteiger partial charge in [-0.2, -0.15) is 0 Å². The lowest BCUT2D eigenvalue weighted by Gasteiger charge is -2.26. The van der Waals surface area contributed by atoms with Crippen LogP contribution in [-0.2, 0) is 4.79 Å². The van der Waals surface area contributed by atoms with Gasteiger partial charge in [0.1, 0.15) is 0 Å². The van der Waals surface area contributed by atoms with E-state index < -0.39 is 5.97 Å². The molecule has 1 aromatic carbocycles. The van der Waals surface area contributed by atoms with E-state index in [0.29, 0.717) is 5.92 Å². The molecule has 1 aliphatic carbocycles. The molecule has 0 bridgehead atoms. The van der Waals surface area contributed by atoms with Crippen LogP contribution >= 0.6 is 0 Å². The fourth-order valence-corrected chi connectivity index (χ4v) is 2.51. The molecule has 86 valence electrons. The summed E-state index contributed by atoms with van der Waals surface area (Å²) in [5.74, 6) is -0.166. The molecule has 0 spiro atoms. The minimum absolute atomic E-state index is 0.110. The third-order valence-electron chi connectivity index (χ3n) is 3.63. The summed E-state index contributed by atoms with van der Waals surface area (Å²) >= 11 is 0. The molecule has 0 amide bonds. The third-order valence-corrected chi connectivity index (χ3v) is 3.63. The van der Waals surface area contributed by atoms with Gasteiger partial charge in [0.2, 0.25) is 0 Å². The highest BCUT2D eigenvalue weighted by Gasteiger charge is 2.26. The van der Waals surface area contributed by atoms with Crippen LogP contribution in [0.25, 0.3) is 0 Å². The molecule has 0 radical (unpaired) electrons. The van der Waals surface area contributed by atoms with Gasteiger partial charge in [0.25, 0.3) is 0 Å². The van der Waals surface area contributed by atoms with Gasteiger partial charge in [0, 0.05) is 0 Å². The second kappa shape index (κ2) is 4.69. The average Bonchev–Trinajstić information content (AvgIpc) is 2.30. The van der Waals surface area contributed by atoms with Crippen molar-refractivity contribution >= 4 is 5.97 Å². The van der Waals surface area contributed by atoms with Crippen molar-refractivity contribution in [2.45, 2.75) is 38.5 Å². The minimum atomic E-state index is -0.623. The molecular formula is C14H18O2. The van der Waals surface area contributed by atoms with E-state index in [-0.39, 0.29) is 5.92 Å². The largest absolute Gasteiger partial charge is 0.481 e. The van der Waals surface area contributed by atoms with E-state index in [9.17, 15) is 4.79 Å². The van der Waals surface area contributed by atoms with Gasteiger partial charge in [-0.25, -0.2) is 0 Å². The number of carbonyl (C=O) groups is 1. The van der Waals surface area contributed by atoms with Crippen LogP contribution in [0.4, 0.5) is 0 Å². The van der Waals surface area contributed by atoms with Crippen molar-refractivity contribution in [3.05, 3.63) is 35.4 Å².